The van der Waals surface area contributed by atoms with Crippen LogP contribution in [0.1, 0.15) is 18.4 Å². The van der Waals surface area contributed by atoms with E-state index < -0.39 is 5.60 Å². The van der Waals surface area contributed by atoms with E-state index >= 15 is 0 Å². The Hall–Kier alpha value is -0.610. The van der Waals surface area contributed by atoms with Gasteiger partial charge in [-0.05, 0) is 18.9 Å². The van der Waals surface area contributed by atoms with Crippen LogP contribution in [0.4, 0.5) is 0 Å². The zero-order chi connectivity index (χ0) is 12.3. The summed E-state index contributed by atoms with van der Waals surface area (Å²) in [6, 6.07) is 7.56. The average molecular weight is 255 g/mol. The van der Waals surface area contributed by atoms with Crippen LogP contribution >= 0.6 is 11.6 Å². The Balaban J connectivity index is 2.10. The lowest BCUT2D eigenvalue weighted by Gasteiger charge is -2.38. The first-order valence-corrected chi connectivity index (χ1v) is 6.43. The van der Waals surface area contributed by atoms with Crippen molar-refractivity contribution in [3.05, 3.63) is 34.9 Å². The van der Waals surface area contributed by atoms with Gasteiger partial charge in [0.15, 0.2) is 0 Å². The number of benzene rings is 1. The van der Waals surface area contributed by atoms with Crippen molar-refractivity contribution in [2.75, 3.05) is 26.2 Å². The molecule has 0 amide bonds. The topological polar surface area (TPSA) is 49.5 Å². The van der Waals surface area contributed by atoms with Crippen LogP contribution in [-0.4, -0.2) is 36.2 Å². The quantitative estimate of drug-likeness (QED) is 0.861. The van der Waals surface area contributed by atoms with E-state index in [1.54, 1.807) is 0 Å². The Morgan fingerprint density at radius 3 is 2.53 bits per heavy atom. The van der Waals surface area contributed by atoms with Crippen molar-refractivity contribution in [3.63, 3.8) is 0 Å². The van der Waals surface area contributed by atoms with Gasteiger partial charge in [-0.25, -0.2) is 0 Å². The maximum absolute atomic E-state index is 10.7. The molecular weight excluding hydrogens is 236 g/mol. The van der Waals surface area contributed by atoms with E-state index in [4.69, 9.17) is 17.3 Å². The molecule has 4 heteroatoms. The highest BCUT2D eigenvalue weighted by atomic mass is 35.5. The number of hydrogen-bond acceptors (Lipinski definition) is 3. The predicted octanol–water partition coefficient (Wildman–Crippen LogP) is 1.58. The molecule has 0 aromatic heterocycles. The summed E-state index contributed by atoms with van der Waals surface area (Å²) in [5, 5.41) is 11.3. The molecule has 0 bridgehead atoms. The van der Waals surface area contributed by atoms with Gasteiger partial charge in [0.1, 0.15) is 0 Å². The summed E-state index contributed by atoms with van der Waals surface area (Å²) >= 11 is 6.15. The maximum atomic E-state index is 10.7. The number of hydrogen-bond donors (Lipinski definition) is 2. The highest BCUT2D eigenvalue weighted by molar-refractivity contribution is 6.31. The fourth-order valence-corrected chi connectivity index (χ4v) is 2.75. The largest absolute Gasteiger partial charge is 0.385 e. The molecule has 1 heterocycles. The summed E-state index contributed by atoms with van der Waals surface area (Å²) in [6.07, 6.45) is 1.44. The fraction of sp³-hybridized carbons (Fsp3) is 0.538. The van der Waals surface area contributed by atoms with Crippen LogP contribution in [0.3, 0.4) is 0 Å². The van der Waals surface area contributed by atoms with Crippen LogP contribution in [-0.2, 0) is 5.60 Å². The second-order valence-corrected chi connectivity index (χ2v) is 5.05. The molecule has 17 heavy (non-hydrogen) atoms. The maximum Gasteiger partial charge on any atom is 0.0935 e. The summed E-state index contributed by atoms with van der Waals surface area (Å²) < 4.78 is 0. The SMILES string of the molecule is NCCN1CCC(O)(c2ccccc2Cl)CC1. The highest BCUT2D eigenvalue weighted by Crippen LogP contribution is 2.36. The summed E-state index contributed by atoms with van der Waals surface area (Å²) in [5.74, 6) is 0. The van der Waals surface area contributed by atoms with E-state index in [1.807, 2.05) is 24.3 Å². The average Bonchev–Trinajstić information content (AvgIpc) is 2.33. The second kappa shape index (κ2) is 5.36. The Kier molecular flexibility index (Phi) is 4.05. The molecule has 1 aromatic carbocycles. The van der Waals surface area contributed by atoms with Gasteiger partial charge in [0.05, 0.1) is 5.60 Å². The molecule has 0 radical (unpaired) electrons. The molecule has 1 aromatic rings. The first-order valence-electron chi connectivity index (χ1n) is 6.05. The van der Waals surface area contributed by atoms with Gasteiger partial charge >= 0.3 is 0 Å². The first-order chi connectivity index (χ1) is 8.15. The van der Waals surface area contributed by atoms with Crippen LogP contribution in [0.5, 0.6) is 0 Å². The third kappa shape index (κ3) is 2.80. The van der Waals surface area contributed by atoms with E-state index in [1.165, 1.54) is 0 Å². The second-order valence-electron chi connectivity index (χ2n) is 4.64. The van der Waals surface area contributed by atoms with Gasteiger partial charge in [0, 0.05) is 36.8 Å². The van der Waals surface area contributed by atoms with E-state index in [2.05, 4.69) is 4.90 Å². The minimum Gasteiger partial charge on any atom is -0.385 e. The van der Waals surface area contributed by atoms with Crippen LogP contribution in [0.15, 0.2) is 24.3 Å². The van der Waals surface area contributed by atoms with Crippen molar-refractivity contribution in [2.24, 2.45) is 5.73 Å². The molecule has 0 atom stereocenters. The molecular formula is C13H19ClN2O. The Morgan fingerprint density at radius 2 is 1.94 bits per heavy atom. The Bertz CT molecular complexity index is 375. The highest BCUT2D eigenvalue weighted by Gasteiger charge is 2.34. The van der Waals surface area contributed by atoms with E-state index in [9.17, 15) is 5.11 Å². The predicted molar refractivity (Wildman–Crippen MR) is 70.1 cm³/mol. The summed E-state index contributed by atoms with van der Waals surface area (Å²) in [6.45, 7) is 3.32. The lowest BCUT2D eigenvalue weighted by Crippen LogP contribution is -2.44. The molecule has 1 fully saturated rings. The molecule has 1 aliphatic heterocycles. The van der Waals surface area contributed by atoms with Gasteiger partial charge in [-0.15, -0.1) is 0 Å². The minimum absolute atomic E-state index is 0.655. The molecule has 1 saturated heterocycles. The lowest BCUT2D eigenvalue weighted by atomic mass is 9.84. The van der Waals surface area contributed by atoms with Crippen molar-refractivity contribution < 1.29 is 5.11 Å². The fourth-order valence-electron chi connectivity index (χ4n) is 2.44. The summed E-state index contributed by atoms with van der Waals surface area (Å²) in [4.78, 5) is 2.28. The number of piperidine rings is 1. The summed E-state index contributed by atoms with van der Waals surface area (Å²) in [5.41, 5.74) is 5.62. The van der Waals surface area contributed by atoms with E-state index in [0.29, 0.717) is 11.6 Å². The van der Waals surface area contributed by atoms with Gasteiger partial charge in [-0.1, -0.05) is 29.8 Å². The zero-order valence-corrected chi connectivity index (χ0v) is 10.7. The van der Waals surface area contributed by atoms with Gasteiger partial charge in [-0.2, -0.15) is 0 Å². The number of rotatable bonds is 3. The van der Waals surface area contributed by atoms with Crippen LogP contribution in [0.2, 0.25) is 5.02 Å². The van der Waals surface area contributed by atoms with Crippen LogP contribution in [0, 0.1) is 0 Å². The van der Waals surface area contributed by atoms with Gasteiger partial charge in [-0.3, -0.25) is 0 Å². The normalized spacial score (nSPS) is 20.4. The van der Waals surface area contributed by atoms with Crippen LogP contribution < -0.4 is 5.73 Å². The monoisotopic (exact) mass is 254 g/mol. The van der Waals surface area contributed by atoms with Crippen molar-refractivity contribution in [2.45, 2.75) is 18.4 Å². The van der Waals surface area contributed by atoms with Crippen LogP contribution in [0.25, 0.3) is 0 Å². The molecule has 94 valence electrons. The summed E-state index contributed by atoms with van der Waals surface area (Å²) in [7, 11) is 0. The first kappa shape index (κ1) is 12.8. The molecule has 2 rings (SSSR count). The van der Waals surface area contributed by atoms with Crippen molar-refractivity contribution in [1.29, 1.82) is 0 Å². The minimum atomic E-state index is -0.774. The Morgan fingerprint density at radius 1 is 1.29 bits per heavy atom. The Labute approximate surface area is 107 Å². The number of likely N-dealkylation sites (tertiary alicyclic amines) is 1. The smallest absolute Gasteiger partial charge is 0.0935 e. The van der Waals surface area contributed by atoms with E-state index in [-0.39, 0.29) is 0 Å². The third-order valence-corrected chi connectivity index (χ3v) is 3.83. The molecule has 3 N–H and O–H groups in total. The van der Waals surface area contributed by atoms with E-state index in [0.717, 1.165) is 38.0 Å². The molecule has 3 nitrogen and oxygen atoms in total. The van der Waals surface area contributed by atoms with Gasteiger partial charge in [0.25, 0.3) is 0 Å². The van der Waals surface area contributed by atoms with Crippen molar-refractivity contribution in [3.8, 4) is 0 Å². The lowest BCUT2D eigenvalue weighted by molar-refractivity contribution is -0.0250. The molecule has 0 unspecified atom stereocenters. The van der Waals surface area contributed by atoms with Gasteiger partial charge < -0.3 is 15.7 Å². The van der Waals surface area contributed by atoms with Crippen molar-refractivity contribution >= 4 is 11.6 Å². The molecule has 1 aliphatic rings. The molecule has 0 aliphatic carbocycles. The van der Waals surface area contributed by atoms with Crippen molar-refractivity contribution in [1.82, 2.24) is 4.90 Å². The number of nitrogens with zero attached hydrogens (tertiary/aromatic N) is 1. The standard InChI is InChI=1S/C13H19ClN2O/c14-12-4-2-1-3-11(12)13(17)5-8-16(9-6-13)10-7-15/h1-4,17H,5-10,15H2. The zero-order valence-electron chi connectivity index (χ0n) is 9.90. The number of aliphatic hydroxyl groups is 1. The number of nitrogens with two attached hydrogens (primary N) is 1. The van der Waals surface area contributed by atoms with Gasteiger partial charge in [0.2, 0.25) is 0 Å². The third-order valence-electron chi connectivity index (χ3n) is 3.50. The molecule has 0 spiro atoms. The number of halogens is 1. The molecule has 0 saturated carbocycles.